The lowest BCUT2D eigenvalue weighted by molar-refractivity contribution is -0.209. The topological polar surface area (TPSA) is 42.7 Å². The maximum atomic E-state index is 14.2. The highest BCUT2D eigenvalue weighted by Crippen LogP contribution is 2.47. The molecule has 4 rings (SSSR count). The van der Waals surface area contributed by atoms with Gasteiger partial charge >= 0.3 is 6.18 Å². The highest BCUT2D eigenvalue weighted by atomic mass is 19.4. The Morgan fingerprint density at radius 3 is 2.70 bits per heavy atom. The fraction of sp³-hybridized carbons (Fsp3) is 0.478. The van der Waals surface area contributed by atoms with Crippen molar-refractivity contribution in [2.75, 3.05) is 13.1 Å². The fourth-order valence-corrected chi connectivity index (χ4v) is 4.36. The number of allylic oxidation sites excluding steroid dienone is 4. The summed E-state index contributed by atoms with van der Waals surface area (Å²) in [5.74, 6) is 1.29. The largest absolute Gasteiger partial charge is 0.399 e. The minimum Gasteiger partial charge on any atom is -0.316 e. The summed E-state index contributed by atoms with van der Waals surface area (Å²) >= 11 is 0. The molecule has 1 aromatic carbocycles. The second-order valence-corrected chi connectivity index (χ2v) is 8.34. The predicted octanol–water partition coefficient (Wildman–Crippen LogP) is 4.80. The average molecular weight is 416 g/mol. The first kappa shape index (κ1) is 20.8. The Labute approximate surface area is 174 Å². The second kappa shape index (κ2) is 8.76. The SMILES string of the molecule is FC(F)(F)C1(Cn2cnnc2CCCC2CCNC2)C=CC(c2ccccc2)=CC1. The number of aryl methyl sites for hydroxylation is 1. The summed E-state index contributed by atoms with van der Waals surface area (Å²) in [6.45, 7) is 1.89. The van der Waals surface area contributed by atoms with E-state index in [-0.39, 0.29) is 13.0 Å². The van der Waals surface area contributed by atoms with Gasteiger partial charge in [-0.1, -0.05) is 48.6 Å². The van der Waals surface area contributed by atoms with E-state index in [2.05, 4.69) is 15.5 Å². The zero-order valence-corrected chi connectivity index (χ0v) is 16.9. The molecule has 0 spiro atoms. The maximum absolute atomic E-state index is 14.2. The molecule has 7 heteroatoms. The number of halogens is 3. The van der Waals surface area contributed by atoms with Crippen LogP contribution in [0.3, 0.4) is 0 Å². The van der Waals surface area contributed by atoms with Crippen LogP contribution in [0.25, 0.3) is 5.57 Å². The summed E-state index contributed by atoms with van der Waals surface area (Å²) < 4.78 is 44.1. The summed E-state index contributed by atoms with van der Waals surface area (Å²) in [4.78, 5) is 0. The molecule has 1 aliphatic carbocycles. The molecule has 2 aliphatic rings. The van der Waals surface area contributed by atoms with Gasteiger partial charge in [0.15, 0.2) is 0 Å². The molecular weight excluding hydrogens is 389 g/mol. The highest BCUT2D eigenvalue weighted by molar-refractivity contribution is 5.75. The van der Waals surface area contributed by atoms with E-state index in [1.54, 1.807) is 16.7 Å². The molecule has 0 bridgehead atoms. The molecule has 160 valence electrons. The van der Waals surface area contributed by atoms with Crippen LogP contribution >= 0.6 is 0 Å². The number of aromatic nitrogens is 3. The Bertz CT molecular complexity index is 895. The molecule has 1 aromatic heterocycles. The highest BCUT2D eigenvalue weighted by Gasteiger charge is 2.53. The molecule has 1 saturated heterocycles. The molecule has 1 fully saturated rings. The number of rotatable bonds is 7. The number of hydrogen-bond donors (Lipinski definition) is 1. The third-order valence-corrected chi connectivity index (χ3v) is 6.26. The Kier molecular flexibility index (Phi) is 6.09. The first-order chi connectivity index (χ1) is 14.5. The molecule has 4 nitrogen and oxygen atoms in total. The van der Waals surface area contributed by atoms with Gasteiger partial charge in [0, 0.05) is 13.0 Å². The minimum absolute atomic E-state index is 0.0947. The van der Waals surface area contributed by atoms with Gasteiger partial charge in [-0.3, -0.25) is 0 Å². The van der Waals surface area contributed by atoms with Gasteiger partial charge in [0.05, 0.1) is 0 Å². The average Bonchev–Trinajstić information content (AvgIpc) is 3.41. The lowest BCUT2D eigenvalue weighted by atomic mass is 9.78. The van der Waals surface area contributed by atoms with Crippen molar-refractivity contribution in [1.29, 1.82) is 0 Å². The van der Waals surface area contributed by atoms with E-state index in [1.807, 2.05) is 30.3 Å². The van der Waals surface area contributed by atoms with Gasteiger partial charge in [0.1, 0.15) is 17.6 Å². The van der Waals surface area contributed by atoms with Crippen LogP contribution in [-0.4, -0.2) is 34.0 Å². The third-order valence-electron chi connectivity index (χ3n) is 6.26. The monoisotopic (exact) mass is 416 g/mol. The predicted molar refractivity (Wildman–Crippen MR) is 111 cm³/mol. The Morgan fingerprint density at radius 1 is 1.20 bits per heavy atom. The van der Waals surface area contributed by atoms with Crippen molar-refractivity contribution in [2.45, 2.75) is 44.8 Å². The standard InChI is InChI=1S/C23H27F3N4/c24-23(25,26)22(12-9-20(10-13-22)19-6-2-1-3-7-19)16-30-17-28-29-21(30)8-4-5-18-11-14-27-15-18/h1-3,6-7,9-10,12,17-18,27H,4-5,8,11,13-16H2. The first-order valence-corrected chi connectivity index (χ1v) is 10.6. The maximum Gasteiger partial charge on any atom is 0.399 e. The summed E-state index contributed by atoms with van der Waals surface area (Å²) in [5.41, 5.74) is -0.196. The molecule has 0 amide bonds. The number of alkyl halides is 3. The van der Waals surface area contributed by atoms with Crippen LogP contribution in [0.1, 0.15) is 37.1 Å². The van der Waals surface area contributed by atoms with Crippen molar-refractivity contribution < 1.29 is 13.2 Å². The van der Waals surface area contributed by atoms with Crippen LogP contribution in [0.4, 0.5) is 13.2 Å². The normalized spacial score (nSPS) is 24.2. The molecule has 2 heterocycles. The van der Waals surface area contributed by atoms with Gasteiger partial charge in [0.2, 0.25) is 0 Å². The summed E-state index contributed by atoms with van der Waals surface area (Å²) in [6, 6.07) is 9.50. The molecule has 0 saturated carbocycles. The minimum atomic E-state index is -4.36. The van der Waals surface area contributed by atoms with Crippen LogP contribution in [0.2, 0.25) is 0 Å². The number of benzene rings is 1. The van der Waals surface area contributed by atoms with Crippen molar-refractivity contribution >= 4 is 5.57 Å². The zero-order valence-electron chi connectivity index (χ0n) is 16.9. The summed E-state index contributed by atoms with van der Waals surface area (Å²) in [5, 5.41) is 11.4. The van der Waals surface area contributed by atoms with Crippen LogP contribution in [0, 0.1) is 11.3 Å². The van der Waals surface area contributed by atoms with E-state index in [1.165, 1.54) is 18.8 Å². The van der Waals surface area contributed by atoms with E-state index in [0.717, 1.165) is 37.1 Å². The Hall–Kier alpha value is -2.41. The van der Waals surface area contributed by atoms with Crippen LogP contribution < -0.4 is 5.32 Å². The van der Waals surface area contributed by atoms with Gasteiger partial charge < -0.3 is 9.88 Å². The molecule has 2 unspecified atom stereocenters. The Balaban J connectivity index is 1.47. The van der Waals surface area contributed by atoms with Crippen molar-refractivity contribution in [3.05, 3.63) is 66.3 Å². The molecule has 2 aromatic rings. The van der Waals surface area contributed by atoms with Crippen molar-refractivity contribution in [3.8, 4) is 0 Å². The van der Waals surface area contributed by atoms with E-state index >= 15 is 0 Å². The quantitative estimate of drug-likeness (QED) is 0.705. The van der Waals surface area contributed by atoms with E-state index < -0.39 is 11.6 Å². The zero-order chi connectivity index (χ0) is 21.0. The van der Waals surface area contributed by atoms with Crippen LogP contribution in [0.15, 0.2) is 54.9 Å². The number of nitrogens with one attached hydrogen (secondary N) is 1. The first-order valence-electron chi connectivity index (χ1n) is 10.6. The third kappa shape index (κ3) is 4.51. The van der Waals surface area contributed by atoms with Gasteiger partial charge in [0.25, 0.3) is 0 Å². The lowest BCUT2D eigenvalue weighted by Crippen LogP contribution is -2.41. The molecule has 2 atom stereocenters. The molecule has 30 heavy (non-hydrogen) atoms. The number of hydrogen-bond acceptors (Lipinski definition) is 3. The summed E-state index contributed by atoms with van der Waals surface area (Å²) in [7, 11) is 0. The van der Waals surface area contributed by atoms with Crippen LogP contribution in [0.5, 0.6) is 0 Å². The molecule has 0 radical (unpaired) electrons. The van der Waals surface area contributed by atoms with Gasteiger partial charge in [-0.05, 0) is 55.8 Å². The lowest BCUT2D eigenvalue weighted by Gasteiger charge is -2.35. The smallest absolute Gasteiger partial charge is 0.316 e. The van der Waals surface area contributed by atoms with E-state index in [9.17, 15) is 13.2 Å². The molecule has 1 aliphatic heterocycles. The van der Waals surface area contributed by atoms with Crippen LogP contribution in [-0.2, 0) is 13.0 Å². The van der Waals surface area contributed by atoms with Crippen molar-refractivity contribution in [1.82, 2.24) is 20.1 Å². The van der Waals surface area contributed by atoms with E-state index in [0.29, 0.717) is 18.2 Å². The summed E-state index contributed by atoms with van der Waals surface area (Å²) in [6.07, 6.45) is 5.40. The van der Waals surface area contributed by atoms with Crippen molar-refractivity contribution in [3.63, 3.8) is 0 Å². The van der Waals surface area contributed by atoms with Gasteiger partial charge in [-0.25, -0.2) is 0 Å². The second-order valence-electron chi connectivity index (χ2n) is 8.34. The van der Waals surface area contributed by atoms with Gasteiger partial charge in [-0.2, -0.15) is 13.2 Å². The molecular formula is C23H27F3N4. The molecule has 1 N–H and O–H groups in total. The fourth-order valence-electron chi connectivity index (χ4n) is 4.36. The Morgan fingerprint density at radius 2 is 2.03 bits per heavy atom. The van der Waals surface area contributed by atoms with Crippen molar-refractivity contribution in [2.24, 2.45) is 11.3 Å². The van der Waals surface area contributed by atoms with Gasteiger partial charge in [-0.15, -0.1) is 10.2 Å². The van der Waals surface area contributed by atoms with E-state index in [4.69, 9.17) is 0 Å². The number of nitrogens with zero attached hydrogens (tertiary/aromatic N) is 3.